The predicted octanol–water partition coefficient (Wildman–Crippen LogP) is 6.38. The molecular weight excluding hydrogens is 446 g/mol. The summed E-state index contributed by atoms with van der Waals surface area (Å²) in [4.78, 5) is 21.4. The number of anilines is 1. The van der Waals surface area contributed by atoms with Gasteiger partial charge in [0.2, 0.25) is 0 Å². The Bertz CT molecular complexity index is 913. The molecule has 0 saturated heterocycles. The Kier molecular flexibility index (Phi) is 6.73. The highest BCUT2D eigenvalue weighted by molar-refractivity contribution is 8.01. The summed E-state index contributed by atoms with van der Waals surface area (Å²) in [5, 5.41) is 13.2. The zero-order valence-corrected chi connectivity index (χ0v) is 15.9. The molecule has 0 atom stereocenters. The maximum Gasteiger partial charge on any atom is 0.446 e. The number of rotatable bonds is 5. The third kappa shape index (κ3) is 7.16. The molecule has 29 heavy (non-hydrogen) atoms. The third-order valence-corrected chi connectivity index (χ3v) is 4.68. The van der Waals surface area contributed by atoms with E-state index in [0.717, 1.165) is 18.2 Å². The molecule has 13 heteroatoms. The maximum atomic E-state index is 12.6. The number of halogens is 6. The number of benzene rings is 2. The highest BCUT2D eigenvalue weighted by Crippen LogP contribution is 2.42. The summed E-state index contributed by atoms with van der Waals surface area (Å²) in [5.41, 5.74) is -10.0. The average molecular weight is 456 g/mol. The van der Waals surface area contributed by atoms with Crippen molar-refractivity contribution in [3.8, 4) is 0 Å². The van der Waals surface area contributed by atoms with Crippen molar-refractivity contribution in [3.05, 3.63) is 57.6 Å². The van der Waals surface area contributed by atoms with Gasteiger partial charge < -0.3 is 5.32 Å². The van der Waals surface area contributed by atoms with E-state index < -0.39 is 60.7 Å². The Morgan fingerprint density at radius 2 is 1.48 bits per heavy atom. The molecule has 2 aromatic carbocycles. The van der Waals surface area contributed by atoms with Crippen molar-refractivity contribution in [1.82, 2.24) is 0 Å². The van der Waals surface area contributed by atoms with Gasteiger partial charge in [0.25, 0.3) is 11.6 Å². The fraction of sp³-hybridized carbons (Fsp3) is 0.188. The summed E-state index contributed by atoms with van der Waals surface area (Å²) in [5.74, 6) is -1.02. The number of nitrogens with zero attached hydrogens (tertiary/aromatic N) is 1. The molecule has 0 spiro atoms. The van der Waals surface area contributed by atoms with Gasteiger partial charge in [-0.25, -0.2) is 0 Å². The van der Waals surface area contributed by atoms with Crippen LogP contribution < -0.4 is 5.32 Å². The van der Waals surface area contributed by atoms with E-state index in [1.165, 1.54) is 19.1 Å². The van der Waals surface area contributed by atoms with E-state index in [9.17, 15) is 41.3 Å². The minimum absolute atomic E-state index is 0.0359. The predicted molar refractivity (Wildman–Crippen MR) is 96.1 cm³/mol. The summed E-state index contributed by atoms with van der Waals surface area (Å²) in [6, 6.07) is 5.94. The van der Waals surface area contributed by atoms with Crippen LogP contribution in [0.25, 0.3) is 0 Å². The summed E-state index contributed by atoms with van der Waals surface area (Å²) < 4.78 is 75.7. The lowest BCUT2D eigenvalue weighted by molar-refractivity contribution is -0.385. The van der Waals surface area contributed by atoms with Crippen LogP contribution in [0.3, 0.4) is 0 Å². The number of thioether (sulfide) groups is 2. The number of carbonyl (C=O) groups is 1. The highest BCUT2D eigenvalue weighted by Gasteiger charge is 2.32. The van der Waals surface area contributed by atoms with E-state index in [2.05, 4.69) is 5.32 Å². The highest BCUT2D eigenvalue weighted by atomic mass is 32.2. The summed E-state index contributed by atoms with van der Waals surface area (Å²) in [6.45, 7) is 1.46. The van der Waals surface area contributed by atoms with E-state index >= 15 is 0 Å². The SMILES string of the molecule is Cc1ccc(NC(=O)c2cc(SC(F)(F)F)cc(SC(F)(F)F)c2)cc1[N+](=O)[O-]. The normalized spacial score (nSPS) is 12.0. The lowest BCUT2D eigenvalue weighted by atomic mass is 10.1. The number of amides is 1. The van der Waals surface area contributed by atoms with E-state index in [1.54, 1.807) is 0 Å². The Labute approximate surface area is 168 Å². The van der Waals surface area contributed by atoms with Crippen molar-refractivity contribution in [1.29, 1.82) is 0 Å². The molecule has 0 aliphatic carbocycles. The van der Waals surface area contributed by atoms with Crippen molar-refractivity contribution in [2.24, 2.45) is 0 Å². The zero-order valence-electron chi connectivity index (χ0n) is 14.2. The lowest BCUT2D eigenvalue weighted by Crippen LogP contribution is -2.13. The van der Waals surface area contributed by atoms with Gasteiger partial charge in [-0.2, -0.15) is 26.3 Å². The Morgan fingerprint density at radius 3 is 1.93 bits per heavy atom. The monoisotopic (exact) mass is 456 g/mol. The first-order valence-electron chi connectivity index (χ1n) is 7.46. The average Bonchev–Trinajstić information content (AvgIpc) is 2.52. The largest absolute Gasteiger partial charge is 0.446 e. The first-order valence-corrected chi connectivity index (χ1v) is 9.10. The van der Waals surface area contributed by atoms with Gasteiger partial charge in [-0.05, 0) is 54.7 Å². The molecule has 0 radical (unpaired) electrons. The third-order valence-electron chi connectivity index (χ3n) is 3.27. The number of alkyl halides is 6. The van der Waals surface area contributed by atoms with Gasteiger partial charge in [-0.15, -0.1) is 0 Å². The van der Waals surface area contributed by atoms with E-state index in [-0.39, 0.29) is 11.4 Å². The number of hydrogen-bond donors (Lipinski definition) is 1. The van der Waals surface area contributed by atoms with Crippen LogP contribution in [0.2, 0.25) is 0 Å². The van der Waals surface area contributed by atoms with E-state index in [1.807, 2.05) is 0 Å². The van der Waals surface area contributed by atoms with Crippen molar-refractivity contribution < 1.29 is 36.1 Å². The number of nitro benzene ring substituents is 1. The van der Waals surface area contributed by atoms with Crippen LogP contribution in [0.15, 0.2) is 46.2 Å². The number of hydrogen-bond acceptors (Lipinski definition) is 5. The molecular formula is C16H10F6N2O3S2. The number of nitrogens with one attached hydrogen (secondary N) is 1. The van der Waals surface area contributed by atoms with Crippen LogP contribution in [0.5, 0.6) is 0 Å². The van der Waals surface area contributed by atoms with Crippen LogP contribution in [-0.4, -0.2) is 21.8 Å². The molecule has 2 aromatic rings. The minimum atomic E-state index is -4.77. The van der Waals surface area contributed by atoms with Gasteiger partial charge in [0.15, 0.2) is 0 Å². The van der Waals surface area contributed by atoms with Gasteiger partial charge in [0.1, 0.15) is 0 Å². The lowest BCUT2D eigenvalue weighted by Gasteiger charge is -2.12. The second-order valence-electron chi connectivity index (χ2n) is 5.50. The number of aryl methyl sites for hydroxylation is 1. The molecule has 5 nitrogen and oxygen atoms in total. The molecule has 0 heterocycles. The summed E-state index contributed by atoms with van der Waals surface area (Å²) >= 11 is -1.33. The van der Waals surface area contributed by atoms with Gasteiger partial charge in [0.05, 0.1) is 4.92 Å². The molecule has 0 aliphatic rings. The Morgan fingerprint density at radius 1 is 0.966 bits per heavy atom. The van der Waals surface area contributed by atoms with E-state index in [0.29, 0.717) is 11.6 Å². The van der Waals surface area contributed by atoms with Crippen LogP contribution in [0.1, 0.15) is 15.9 Å². The van der Waals surface area contributed by atoms with Gasteiger partial charge in [-0.1, -0.05) is 6.07 Å². The van der Waals surface area contributed by atoms with Crippen molar-refractivity contribution in [2.45, 2.75) is 27.7 Å². The maximum absolute atomic E-state index is 12.6. The van der Waals surface area contributed by atoms with Gasteiger partial charge >= 0.3 is 11.0 Å². The zero-order chi connectivity index (χ0) is 22.0. The topological polar surface area (TPSA) is 72.2 Å². The molecule has 0 unspecified atom stereocenters. The summed E-state index contributed by atoms with van der Waals surface area (Å²) in [7, 11) is 0. The Balaban J connectivity index is 2.37. The quantitative estimate of drug-likeness (QED) is 0.245. The van der Waals surface area contributed by atoms with Crippen LogP contribution >= 0.6 is 23.5 Å². The van der Waals surface area contributed by atoms with Crippen LogP contribution in [-0.2, 0) is 0 Å². The second-order valence-corrected chi connectivity index (χ2v) is 7.78. The number of carbonyl (C=O) groups excluding carboxylic acids is 1. The van der Waals surface area contributed by atoms with Crippen molar-refractivity contribution >= 4 is 40.8 Å². The molecule has 156 valence electrons. The molecule has 1 N–H and O–H groups in total. The fourth-order valence-corrected chi connectivity index (χ4v) is 3.53. The molecule has 0 fully saturated rings. The molecule has 0 aliphatic heterocycles. The van der Waals surface area contributed by atoms with E-state index in [4.69, 9.17) is 0 Å². The van der Waals surface area contributed by atoms with Gasteiger partial charge in [0, 0.05) is 32.7 Å². The van der Waals surface area contributed by atoms with Crippen molar-refractivity contribution in [3.63, 3.8) is 0 Å². The molecule has 0 aromatic heterocycles. The molecule has 0 bridgehead atoms. The van der Waals surface area contributed by atoms with Gasteiger partial charge in [-0.3, -0.25) is 14.9 Å². The van der Waals surface area contributed by atoms with Crippen LogP contribution in [0, 0.1) is 17.0 Å². The molecule has 0 saturated carbocycles. The first kappa shape index (κ1) is 22.9. The Hall–Kier alpha value is -2.41. The number of nitro groups is 1. The standard InChI is InChI=1S/C16H10F6N2O3S2/c1-8-2-3-10(6-13(8)24(26)27)23-14(25)9-4-11(28-15(17,18)19)7-12(5-9)29-16(20,21)22/h2-7H,1H3,(H,23,25). The first-order chi connectivity index (χ1) is 13.2. The van der Waals surface area contributed by atoms with Crippen LogP contribution in [0.4, 0.5) is 37.7 Å². The van der Waals surface area contributed by atoms with Crippen molar-refractivity contribution in [2.75, 3.05) is 5.32 Å². The smallest absolute Gasteiger partial charge is 0.322 e. The molecule has 2 rings (SSSR count). The minimum Gasteiger partial charge on any atom is -0.322 e. The summed E-state index contributed by atoms with van der Waals surface area (Å²) in [6.07, 6.45) is 0. The fourth-order valence-electron chi connectivity index (χ4n) is 2.18. The second kappa shape index (κ2) is 8.53. The molecule has 1 amide bonds.